The standard InChI is InChI=1S/C19H28N2O3/c1-6-14-12-20(9-10-21(14)17(22)18(23)24)16-8-7-13(2)11-15(16)19(3,4)5/h7-8,11,14H,6,9-10,12H2,1-5H3,(H,23,24). The van der Waals surface area contributed by atoms with Crippen LogP contribution in [0.15, 0.2) is 18.2 Å². The van der Waals surface area contributed by atoms with Gasteiger partial charge in [0, 0.05) is 31.4 Å². The maximum atomic E-state index is 11.9. The van der Waals surface area contributed by atoms with Crippen molar-refractivity contribution in [3.8, 4) is 0 Å². The van der Waals surface area contributed by atoms with Crippen LogP contribution < -0.4 is 4.90 Å². The van der Waals surface area contributed by atoms with E-state index in [0.717, 1.165) is 6.42 Å². The Balaban J connectivity index is 2.30. The van der Waals surface area contributed by atoms with E-state index in [4.69, 9.17) is 5.11 Å². The molecule has 1 N–H and O–H groups in total. The van der Waals surface area contributed by atoms with Crippen LogP contribution in [-0.4, -0.2) is 47.6 Å². The number of carboxylic acids is 1. The fourth-order valence-corrected chi connectivity index (χ4v) is 3.34. The second-order valence-electron chi connectivity index (χ2n) is 7.58. The van der Waals surface area contributed by atoms with Gasteiger partial charge in [0.15, 0.2) is 0 Å². The largest absolute Gasteiger partial charge is 0.474 e. The number of hydrogen-bond acceptors (Lipinski definition) is 3. The number of carbonyl (C=O) groups excluding carboxylic acids is 1. The number of piperazine rings is 1. The highest BCUT2D eigenvalue weighted by Gasteiger charge is 2.33. The molecule has 0 aromatic heterocycles. The number of hydrogen-bond donors (Lipinski definition) is 1. The van der Waals surface area contributed by atoms with Crippen LogP contribution in [0.4, 0.5) is 5.69 Å². The molecule has 1 unspecified atom stereocenters. The second kappa shape index (κ2) is 6.83. The summed E-state index contributed by atoms with van der Waals surface area (Å²) in [4.78, 5) is 26.7. The molecule has 1 heterocycles. The van der Waals surface area contributed by atoms with Gasteiger partial charge < -0.3 is 14.9 Å². The first-order valence-corrected chi connectivity index (χ1v) is 8.55. The minimum absolute atomic E-state index is 0.0249. The molecule has 24 heavy (non-hydrogen) atoms. The average Bonchev–Trinajstić information content (AvgIpc) is 2.52. The summed E-state index contributed by atoms with van der Waals surface area (Å²) in [5, 5.41) is 9.01. The highest BCUT2D eigenvalue weighted by molar-refractivity contribution is 6.31. The predicted molar refractivity (Wildman–Crippen MR) is 95.5 cm³/mol. The van der Waals surface area contributed by atoms with Crippen LogP contribution in [0.2, 0.25) is 0 Å². The molecule has 1 atom stereocenters. The molecule has 5 heteroatoms. The van der Waals surface area contributed by atoms with Gasteiger partial charge in [-0.2, -0.15) is 0 Å². The molecule has 1 fully saturated rings. The Labute approximate surface area is 144 Å². The molecule has 0 saturated carbocycles. The summed E-state index contributed by atoms with van der Waals surface area (Å²) in [6, 6.07) is 6.42. The van der Waals surface area contributed by atoms with Crippen LogP contribution >= 0.6 is 0 Å². The van der Waals surface area contributed by atoms with Gasteiger partial charge >= 0.3 is 11.9 Å². The van der Waals surface area contributed by atoms with Gasteiger partial charge in [0.25, 0.3) is 0 Å². The molecule has 0 radical (unpaired) electrons. The predicted octanol–water partition coefficient (Wildman–Crippen LogP) is 2.80. The second-order valence-corrected chi connectivity index (χ2v) is 7.58. The summed E-state index contributed by atoms with van der Waals surface area (Å²) in [5.41, 5.74) is 3.73. The minimum atomic E-state index is -1.37. The number of anilines is 1. The van der Waals surface area contributed by atoms with Crippen molar-refractivity contribution in [3.63, 3.8) is 0 Å². The van der Waals surface area contributed by atoms with Crippen molar-refractivity contribution < 1.29 is 14.7 Å². The number of carboxylic acid groups (broad SMARTS) is 1. The Hall–Kier alpha value is -2.04. The summed E-state index contributed by atoms with van der Waals surface area (Å²) < 4.78 is 0. The molecule has 1 aliphatic heterocycles. The van der Waals surface area contributed by atoms with Crippen LogP contribution in [0.25, 0.3) is 0 Å². The molecule has 1 saturated heterocycles. The zero-order chi connectivity index (χ0) is 18.1. The maximum absolute atomic E-state index is 11.9. The smallest absolute Gasteiger partial charge is 0.394 e. The molecule has 0 bridgehead atoms. The number of rotatable bonds is 2. The van der Waals surface area contributed by atoms with E-state index in [9.17, 15) is 9.59 Å². The van der Waals surface area contributed by atoms with Crippen molar-refractivity contribution in [2.24, 2.45) is 0 Å². The Bertz CT molecular complexity index is 634. The van der Waals surface area contributed by atoms with Gasteiger partial charge in [-0.3, -0.25) is 4.79 Å². The molecule has 1 amide bonds. The van der Waals surface area contributed by atoms with E-state index in [0.29, 0.717) is 19.6 Å². The molecule has 2 rings (SSSR count). The van der Waals surface area contributed by atoms with E-state index in [1.54, 1.807) is 0 Å². The van der Waals surface area contributed by atoms with Crippen molar-refractivity contribution in [1.82, 2.24) is 4.90 Å². The highest BCUT2D eigenvalue weighted by Crippen LogP contribution is 2.34. The summed E-state index contributed by atoms with van der Waals surface area (Å²) in [7, 11) is 0. The molecular formula is C19H28N2O3. The Morgan fingerprint density at radius 3 is 2.46 bits per heavy atom. The van der Waals surface area contributed by atoms with Crippen molar-refractivity contribution in [2.45, 2.75) is 52.5 Å². The first kappa shape index (κ1) is 18.3. The number of benzene rings is 1. The van der Waals surface area contributed by atoms with Gasteiger partial charge in [-0.05, 0) is 30.4 Å². The van der Waals surface area contributed by atoms with E-state index in [1.807, 2.05) is 6.92 Å². The molecule has 1 aromatic carbocycles. The van der Waals surface area contributed by atoms with Crippen LogP contribution in [0, 0.1) is 6.92 Å². The van der Waals surface area contributed by atoms with Gasteiger partial charge in [-0.15, -0.1) is 0 Å². The monoisotopic (exact) mass is 332 g/mol. The van der Waals surface area contributed by atoms with E-state index in [2.05, 4.69) is 50.8 Å². The highest BCUT2D eigenvalue weighted by atomic mass is 16.4. The van der Waals surface area contributed by atoms with Crippen molar-refractivity contribution >= 4 is 17.6 Å². The lowest BCUT2D eigenvalue weighted by Crippen LogP contribution is -2.56. The fraction of sp³-hybridized carbons (Fsp3) is 0.579. The SMILES string of the molecule is CCC1CN(c2ccc(C)cc2C(C)(C)C)CCN1C(=O)C(=O)O. The molecule has 1 aromatic rings. The van der Waals surface area contributed by atoms with E-state index in [-0.39, 0.29) is 11.5 Å². The summed E-state index contributed by atoms with van der Waals surface area (Å²) >= 11 is 0. The number of amides is 1. The summed E-state index contributed by atoms with van der Waals surface area (Å²) in [6.07, 6.45) is 0.742. The lowest BCUT2D eigenvalue weighted by molar-refractivity contribution is -0.157. The lowest BCUT2D eigenvalue weighted by atomic mass is 9.84. The fourth-order valence-electron chi connectivity index (χ4n) is 3.34. The number of nitrogens with zero attached hydrogens (tertiary/aromatic N) is 2. The maximum Gasteiger partial charge on any atom is 0.394 e. The first-order chi connectivity index (χ1) is 11.1. The third-order valence-electron chi connectivity index (χ3n) is 4.70. The Kier molecular flexibility index (Phi) is 5.21. The molecule has 0 spiro atoms. The van der Waals surface area contributed by atoms with Gasteiger partial charge in [-0.1, -0.05) is 45.4 Å². The van der Waals surface area contributed by atoms with E-state index in [1.165, 1.54) is 21.7 Å². The Morgan fingerprint density at radius 1 is 1.25 bits per heavy atom. The van der Waals surface area contributed by atoms with Crippen LogP contribution in [0.1, 0.15) is 45.2 Å². The third kappa shape index (κ3) is 3.71. The molecular weight excluding hydrogens is 304 g/mol. The van der Waals surface area contributed by atoms with Gasteiger partial charge in [0.1, 0.15) is 0 Å². The van der Waals surface area contributed by atoms with E-state index < -0.39 is 11.9 Å². The van der Waals surface area contributed by atoms with Crippen molar-refractivity contribution in [3.05, 3.63) is 29.3 Å². The average molecular weight is 332 g/mol. The van der Waals surface area contributed by atoms with E-state index >= 15 is 0 Å². The normalized spacial score (nSPS) is 18.6. The van der Waals surface area contributed by atoms with Gasteiger partial charge in [0.2, 0.25) is 0 Å². The van der Waals surface area contributed by atoms with Crippen molar-refractivity contribution in [1.29, 1.82) is 0 Å². The Morgan fingerprint density at radius 2 is 1.92 bits per heavy atom. The summed E-state index contributed by atoms with van der Waals surface area (Å²) in [5.74, 6) is -2.16. The van der Waals surface area contributed by atoms with Crippen LogP contribution in [0.5, 0.6) is 0 Å². The number of aryl methyl sites for hydroxylation is 1. The van der Waals surface area contributed by atoms with Crippen LogP contribution in [0.3, 0.4) is 0 Å². The quantitative estimate of drug-likeness (QED) is 0.846. The molecule has 1 aliphatic rings. The number of carbonyl (C=O) groups is 2. The topological polar surface area (TPSA) is 60.9 Å². The first-order valence-electron chi connectivity index (χ1n) is 8.55. The van der Waals surface area contributed by atoms with Gasteiger partial charge in [-0.25, -0.2) is 4.79 Å². The lowest BCUT2D eigenvalue weighted by Gasteiger charge is -2.43. The number of aliphatic carboxylic acids is 1. The zero-order valence-electron chi connectivity index (χ0n) is 15.3. The molecule has 5 nitrogen and oxygen atoms in total. The summed E-state index contributed by atoms with van der Waals surface area (Å²) in [6.45, 7) is 12.5. The van der Waals surface area contributed by atoms with Crippen LogP contribution in [-0.2, 0) is 15.0 Å². The third-order valence-corrected chi connectivity index (χ3v) is 4.70. The zero-order valence-corrected chi connectivity index (χ0v) is 15.3. The molecule has 132 valence electrons. The van der Waals surface area contributed by atoms with Gasteiger partial charge in [0.05, 0.1) is 0 Å². The van der Waals surface area contributed by atoms with Crippen molar-refractivity contribution in [2.75, 3.05) is 24.5 Å². The minimum Gasteiger partial charge on any atom is -0.474 e. The molecule has 0 aliphatic carbocycles.